The van der Waals surface area contributed by atoms with Crippen LogP contribution in [0.4, 0.5) is 11.6 Å². The van der Waals surface area contributed by atoms with Crippen LogP contribution < -0.4 is 15.5 Å². The molecule has 1 fully saturated rings. The SMILES string of the molecule is CNc1cc(N2CCCC2CNCc2cccc3[nH]ccc23)ncn1. The molecule has 6 heteroatoms. The van der Waals surface area contributed by atoms with Gasteiger partial charge in [0, 0.05) is 55.9 Å². The van der Waals surface area contributed by atoms with Crippen molar-refractivity contribution in [2.75, 3.05) is 30.4 Å². The van der Waals surface area contributed by atoms with E-state index in [2.05, 4.69) is 54.8 Å². The van der Waals surface area contributed by atoms with Crippen molar-refractivity contribution in [3.05, 3.63) is 48.4 Å². The van der Waals surface area contributed by atoms with Crippen molar-refractivity contribution >= 4 is 22.5 Å². The van der Waals surface area contributed by atoms with Crippen molar-refractivity contribution in [2.24, 2.45) is 0 Å². The summed E-state index contributed by atoms with van der Waals surface area (Å²) in [5.74, 6) is 1.87. The van der Waals surface area contributed by atoms with Crippen molar-refractivity contribution in [1.29, 1.82) is 0 Å². The standard InChI is InChI=1S/C19H24N6/c1-20-18-10-19(24-13-23-18)25-9-3-5-15(25)12-21-11-14-4-2-6-17-16(14)7-8-22-17/h2,4,6-8,10,13,15,21-22H,3,5,9,11-12H2,1H3,(H,20,23,24). The Labute approximate surface area is 147 Å². The Morgan fingerprint density at radius 1 is 1.28 bits per heavy atom. The molecule has 0 spiro atoms. The zero-order valence-corrected chi connectivity index (χ0v) is 14.5. The molecule has 1 aliphatic rings. The number of hydrogen-bond acceptors (Lipinski definition) is 5. The van der Waals surface area contributed by atoms with E-state index >= 15 is 0 Å². The zero-order valence-electron chi connectivity index (χ0n) is 14.5. The van der Waals surface area contributed by atoms with Gasteiger partial charge in [0.25, 0.3) is 0 Å². The summed E-state index contributed by atoms with van der Waals surface area (Å²) in [6.07, 6.45) is 6.04. The maximum atomic E-state index is 4.46. The first-order valence-electron chi connectivity index (χ1n) is 8.87. The van der Waals surface area contributed by atoms with Crippen LogP contribution in [0.25, 0.3) is 10.9 Å². The van der Waals surface area contributed by atoms with Crippen molar-refractivity contribution < 1.29 is 0 Å². The minimum Gasteiger partial charge on any atom is -0.373 e. The highest BCUT2D eigenvalue weighted by molar-refractivity contribution is 5.82. The zero-order chi connectivity index (χ0) is 17.1. The third kappa shape index (κ3) is 3.30. The Morgan fingerprint density at radius 2 is 2.24 bits per heavy atom. The largest absolute Gasteiger partial charge is 0.373 e. The number of aromatic amines is 1. The molecule has 3 heterocycles. The summed E-state index contributed by atoms with van der Waals surface area (Å²) in [6.45, 7) is 2.89. The lowest BCUT2D eigenvalue weighted by Crippen LogP contribution is -2.38. The van der Waals surface area contributed by atoms with E-state index in [0.717, 1.165) is 31.3 Å². The number of nitrogens with zero attached hydrogens (tertiary/aromatic N) is 3. The van der Waals surface area contributed by atoms with E-state index in [-0.39, 0.29) is 0 Å². The second-order valence-electron chi connectivity index (χ2n) is 6.49. The van der Waals surface area contributed by atoms with Crippen LogP contribution in [0.5, 0.6) is 0 Å². The lowest BCUT2D eigenvalue weighted by molar-refractivity contribution is 0.572. The number of anilines is 2. The van der Waals surface area contributed by atoms with Crippen LogP contribution in [-0.4, -0.2) is 41.1 Å². The predicted molar refractivity (Wildman–Crippen MR) is 102 cm³/mol. The predicted octanol–water partition coefficient (Wildman–Crippen LogP) is 2.76. The third-order valence-corrected chi connectivity index (χ3v) is 4.96. The molecule has 1 aliphatic heterocycles. The van der Waals surface area contributed by atoms with Gasteiger partial charge in [0.2, 0.25) is 0 Å². The molecular weight excluding hydrogens is 312 g/mol. The molecular formula is C19H24N6. The highest BCUT2D eigenvalue weighted by Crippen LogP contribution is 2.24. The number of rotatable bonds is 6. The number of benzene rings is 1. The Morgan fingerprint density at radius 3 is 3.16 bits per heavy atom. The molecule has 0 amide bonds. The van der Waals surface area contributed by atoms with Crippen LogP contribution in [0.1, 0.15) is 18.4 Å². The lowest BCUT2D eigenvalue weighted by Gasteiger charge is -2.26. The average Bonchev–Trinajstić information content (AvgIpc) is 3.31. The van der Waals surface area contributed by atoms with Gasteiger partial charge < -0.3 is 20.5 Å². The molecule has 0 saturated carbocycles. The molecule has 1 atom stereocenters. The summed E-state index contributed by atoms with van der Waals surface area (Å²) in [7, 11) is 1.89. The van der Waals surface area contributed by atoms with Gasteiger partial charge in [-0.15, -0.1) is 0 Å². The molecule has 3 aromatic rings. The molecule has 2 aromatic heterocycles. The molecule has 25 heavy (non-hydrogen) atoms. The first-order chi connectivity index (χ1) is 12.3. The van der Waals surface area contributed by atoms with Gasteiger partial charge in [-0.05, 0) is 30.5 Å². The van der Waals surface area contributed by atoms with E-state index in [0.29, 0.717) is 6.04 Å². The average molecular weight is 336 g/mol. The van der Waals surface area contributed by atoms with Gasteiger partial charge in [0.05, 0.1) is 0 Å². The van der Waals surface area contributed by atoms with Gasteiger partial charge in [0.15, 0.2) is 0 Å². The van der Waals surface area contributed by atoms with Crippen molar-refractivity contribution in [2.45, 2.75) is 25.4 Å². The molecule has 6 nitrogen and oxygen atoms in total. The summed E-state index contributed by atoms with van der Waals surface area (Å²) < 4.78 is 0. The monoisotopic (exact) mass is 336 g/mol. The molecule has 3 N–H and O–H groups in total. The number of hydrogen-bond donors (Lipinski definition) is 3. The second kappa shape index (κ2) is 7.11. The van der Waals surface area contributed by atoms with Gasteiger partial charge in [-0.3, -0.25) is 0 Å². The first kappa shape index (κ1) is 15.9. The number of aromatic nitrogens is 3. The highest BCUT2D eigenvalue weighted by Gasteiger charge is 2.25. The topological polar surface area (TPSA) is 68.9 Å². The van der Waals surface area contributed by atoms with Crippen molar-refractivity contribution in [3.8, 4) is 0 Å². The van der Waals surface area contributed by atoms with Crippen molar-refractivity contribution in [3.63, 3.8) is 0 Å². The third-order valence-electron chi connectivity index (χ3n) is 4.96. The van der Waals surface area contributed by atoms with E-state index in [4.69, 9.17) is 0 Å². The quantitative estimate of drug-likeness (QED) is 0.646. The molecule has 4 rings (SSSR count). The molecule has 1 saturated heterocycles. The summed E-state index contributed by atoms with van der Waals surface area (Å²) in [5, 5.41) is 8.03. The molecule has 1 unspecified atom stereocenters. The summed E-state index contributed by atoms with van der Waals surface area (Å²) >= 11 is 0. The number of H-pyrrole nitrogens is 1. The minimum atomic E-state index is 0.477. The van der Waals surface area contributed by atoms with E-state index in [1.54, 1.807) is 6.33 Å². The van der Waals surface area contributed by atoms with Crippen LogP contribution in [0.3, 0.4) is 0 Å². The lowest BCUT2D eigenvalue weighted by atomic mass is 10.1. The van der Waals surface area contributed by atoms with Crippen LogP contribution in [0.15, 0.2) is 42.9 Å². The first-order valence-corrected chi connectivity index (χ1v) is 8.87. The van der Waals surface area contributed by atoms with E-state index in [9.17, 15) is 0 Å². The van der Waals surface area contributed by atoms with Crippen LogP contribution in [-0.2, 0) is 6.54 Å². The van der Waals surface area contributed by atoms with E-state index in [1.165, 1.54) is 29.3 Å². The maximum Gasteiger partial charge on any atom is 0.134 e. The Hall–Kier alpha value is -2.60. The summed E-state index contributed by atoms with van der Waals surface area (Å²) in [6, 6.07) is 11.1. The Kier molecular flexibility index (Phi) is 4.52. The highest BCUT2D eigenvalue weighted by atomic mass is 15.2. The van der Waals surface area contributed by atoms with Gasteiger partial charge in [-0.25, -0.2) is 9.97 Å². The van der Waals surface area contributed by atoms with Crippen LogP contribution in [0.2, 0.25) is 0 Å². The van der Waals surface area contributed by atoms with Crippen LogP contribution in [0, 0.1) is 0 Å². The van der Waals surface area contributed by atoms with E-state index in [1.807, 2.05) is 19.3 Å². The van der Waals surface area contributed by atoms with Crippen LogP contribution >= 0.6 is 0 Å². The molecule has 0 radical (unpaired) electrons. The number of fused-ring (bicyclic) bond motifs is 1. The van der Waals surface area contributed by atoms with Gasteiger partial charge in [0.1, 0.15) is 18.0 Å². The fourth-order valence-corrected chi connectivity index (χ4v) is 3.67. The smallest absolute Gasteiger partial charge is 0.134 e. The Bertz CT molecular complexity index is 843. The summed E-state index contributed by atoms with van der Waals surface area (Å²) in [4.78, 5) is 14.3. The fourth-order valence-electron chi connectivity index (χ4n) is 3.67. The normalized spacial score (nSPS) is 17.3. The van der Waals surface area contributed by atoms with Gasteiger partial charge in [-0.2, -0.15) is 0 Å². The summed E-state index contributed by atoms with van der Waals surface area (Å²) in [5.41, 5.74) is 2.53. The fraction of sp³-hybridized carbons (Fsp3) is 0.368. The minimum absolute atomic E-state index is 0.477. The molecule has 130 valence electrons. The molecule has 0 bridgehead atoms. The van der Waals surface area contributed by atoms with Gasteiger partial charge in [-0.1, -0.05) is 12.1 Å². The van der Waals surface area contributed by atoms with Crippen molar-refractivity contribution in [1.82, 2.24) is 20.3 Å². The number of nitrogens with one attached hydrogen (secondary N) is 3. The maximum absolute atomic E-state index is 4.46. The molecule has 1 aromatic carbocycles. The molecule has 0 aliphatic carbocycles. The van der Waals surface area contributed by atoms with E-state index < -0.39 is 0 Å². The van der Waals surface area contributed by atoms with Gasteiger partial charge >= 0.3 is 0 Å². The Balaban J connectivity index is 1.41. The second-order valence-corrected chi connectivity index (χ2v) is 6.49.